The molecule has 0 aliphatic heterocycles. The second-order valence-corrected chi connectivity index (χ2v) is 8.23. The first-order chi connectivity index (χ1) is 15.2. The number of nitrogens with zero attached hydrogens (tertiary/aromatic N) is 2. The molecule has 0 unspecified atom stereocenters. The largest absolute Gasteiger partial charge is 0.497 e. The van der Waals surface area contributed by atoms with Crippen LogP contribution in [0.4, 0.5) is 11.5 Å². The van der Waals surface area contributed by atoms with E-state index in [2.05, 4.69) is 4.98 Å². The Bertz CT molecular complexity index is 1270. The summed E-state index contributed by atoms with van der Waals surface area (Å²) in [4.78, 5) is 41.6. The molecule has 0 amide bonds. The van der Waals surface area contributed by atoms with Crippen LogP contribution < -0.4 is 32.2 Å². The Morgan fingerprint density at radius 3 is 2.62 bits per heavy atom. The zero-order valence-corrected chi connectivity index (χ0v) is 18.9. The number of ether oxygens (including phenoxy) is 1. The smallest absolute Gasteiger partial charge is 0.336 e. The first-order valence-corrected chi connectivity index (χ1v) is 10.7. The van der Waals surface area contributed by atoms with Gasteiger partial charge < -0.3 is 19.8 Å². The van der Waals surface area contributed by atoms with Gasteiger partial charge in [-0.15, -0.1) is 0 Å². The summed E-state index contributed by atoms with van der Waals surface area (Å²) < 4.78 is 12.0. The van der Waals surface area contributed by atoms with E-state index in [4.69, 9.17) is 14.9 Å². The van der Waals surface area contributed by atoms with E-state index >= 15 is 0 Å². The third-order valence-electron chi connectivity index (χ3n) is 5.25. The van der Waals surface area contributed by atoms with Crippen molar-refractivity contribution in [1.29, 1.82) is 0 Å². The van der Waals surface area contributed by atoms with E-state index in [9.17, 15) is 14.4 Å². The van der Waals surface area contributed by atoms with Gasteiger partial charge in [0.15, 0.2) is 0 Å². The van der Waals surface area contributed by atoms with E-state index in [0.717, 1.165) is 18.2 Å². The number of nitrogens with one attached hydrogen (secondary N) is 1. The Hall–Kier alpha value is -3.49. The molecule has 3 rings (SSSR count). The second-order valence-electron chi connectivity index (χ2n) is 8.23. The lowest BCUT2D eigenvalue weighted by Crippen LogP contribution is -2.39. The van der Waals surface area contributed by atoms with E-state index in [0.29, 0.717) is 30.0 Å². The van der Waals surface area contributed by atoms with Gasteiger partial charge in [0.05, 0.1) is 7.11 Å². The zero-order chi connectivity index (χ0) is 23.4. The number of nitrogens with two attached hydrogens (primary N) is 1. The number of hydrogen-bond donors (Lipinski definition) is 2. The maximum Gasteiger partial charge on any atom is 0.336 e. The van der Waals surface area contributed by atoms with Gasteiger partial charge in [0.25, 0.3) is 5.56 Å². The highest BCUT2D eigenvalue weighted by atomic mass is 16.5. The minimum atomic E-state index is -0.546. The first kappa shape index (κ1) is 23.2. The average molecular weight is 443 g/mol. The van der Waals surface area contributed by atoms with Gasteiger partial charge >= 0.3 is 11.3 Å². The molecule has 0 saturated carbocycles. The van der Waals surface area contributed by atoms with Gasteiger partial charge in [0.2, 0.25) is 0 Å². The summed E-state index contributed by atoms with van der Waals surface area (Å²) in [5.41, 5.74) is 6.08. The molecule has 0 atom stereocenters. The summed E-state index contributed by atoms with van der Waals surface area (Å²) in [7, 11) is 1.54. The van der Waals surface area contributed by atoms with Crippen LogP contribution in [0.3, 0.4) is 0 Å². The van der Waals surface area contributed by atoms with E-state index in [1.54, 1.807) is 12.1 Å². The van der Waals surface area contributed by atoms with Crippen molar-refractivity contribution in [2.75, 3.05) is 24.3 Å². The van der Waals surface area contributed by atoms with Crippen LogP contribution in [-0.4, -0.2) is 23.2 Å². The van der Waals surface area contributed by atoms with Gasteiger partial charge in [0, 0.05) is 37.2 Å². The third kappa shape index (κ3) is 4.87. The van der Waals surface area contributed by atoms with Gasteiger partial charge in [-0.3, -0.25) is 14.3 Å². The summed E-state index contributed by atoms with van der Waals surface area (Å²) in [5.74, 6) is 0.888. The summed E-state index contributed by atoms with van der Waals surface area (Å²) in [5, 5.41) is 0.730. The fraction of sp³-hybridized carbons (Fsp3) is 0.435. The molecule has 3 aromatic rings. The lowest BCUT2D eigenvalue weighted by molar-refractivity contribution is 0.414. The van der Waals surface area contributed by atoms with Gasteiger partial charge in [-0.05, 0) is 30.0 Å². The fourth-order valence-corrected chi connectivity index (χ4v) is 3.77. The Labute approximate surface area is 185 Å². The molecule has 0 spiro atoms. The van der Waals surface area contributed by atoms with E-state index < -0.39 is 16.9 Å². The van der Waals surface area contributed by atoms with Crippen LogP contribution in [0.5, 0.6) is 5.75 Å². The molecule has 9 nitrogen and oxygen atoms in total. The highest BCUT2D eigenvalue weighted by Gasteiger charge is 2.21. The topological polar surface area (TPSA) is 124 Å². The van der Waals surface area contributed by atoms with Crippen LogP contribution in [0.2, 0.25) is 0 Å². The van der Waals surface area contributed by atoms with Crippen molar-refractivity contribution < 1.29 is 9.15 Å². The number of methoxy groups -OCH3 is 1. The number of H-pyrrole nitrogens is 1. The van der Waals surface area contributed by atoms with E-state index in [-0.39, 0.29) is 24.0 Å². The molecule has 0 radical (unpaired) electrons. The predicted molar refractivity (Wildman–Crippen MR) is 126 cm³/mol. The van der Waals surface area contributed by atoms with Gasteiger partial charge in [-0.1, -0.05) is 27.2 Å². The van der Waals surface area contributed by atoms with Crippen LogP contribution >= 0.6 is 0 Å². The number of aromatic amines is 1. The van der Waals surface area contributed by atoms with Crippen LogP contribution in [0.15, 0.2) is 43.1 Å². The summed E-state index contributed by atoms with van der Waals surface area (Å²) in [6.45, 7) is 7.21. The molecule has 0 aliphatic carbocycles. The highest BCUT2D eigenvalue weighted by molar-refractivity contribution is 5.82. The number of fused-ring (bicyclic) bond motifs is 1. The van der Waals surface area contributed by atoms with Crippen molar-refractivity contribution >= 4 is 22.5 Å². The van der Waals surface area contributed by atoms with Crippen molar-refractivity contribution in [3.05, 3.63) is 61.1 Å². The lowest BCUT2D eigenvalue weighted by atomic mass is 10.1. The molecule has 0 fully saturated rings. The fourth-order valence-electron chi connectivity index (χ4n) is 3.77. The molecule has 2 heterocycles. The molecule has 2 aromatic heterocycles. The van der Waals surface area contributed by atoms with Gasteiger partial charge in [-0.2, -0.15) is 0 Å². The van der Waals surface area contributed by atoms with Gasteiger partial charge in [0.1, 0.15) is 22.8 Å². The number of hydrogen-bond acceptors (Lipinski definition) is 7. The number of aromatic nitrogens is 2. The predicted octanol–water partition coefficient (Wildman–Crippen LogP) is 2.70. The normalized spacial score (nSPS) is 11.3. The minimum Gasteiger partial charge on any atom is -0.497 e. The number of nitrogen functional groups attached to an aromatic ring is 1. The summed E-state index contributed by atoms with van der Waals surface area (Å²) in [6, 6.07) is 6.67. The second kappa shape index (κ2) is 9.76. The first-order valence-electron chi connectivity index (χ1n) is 10.7. The van der Waals surface area contributed by atoms with Crippen molar-refractivity contribution in [2.45, 2.75) is 46.7 Å². The van der Waals surface area contributed by atoms with Crippen molar-refractivity contribution in [1.82, 2.24) is 9.55 Å². The molecule has 0 bridgehead atoms. The summed E-state index contributed by atoms with van der Waals surface area (Å²) in [6.07, 6.45) is 1.64. The molecule has 9 heteroatoms. The number of rotatable bonds is 9. The van der Waals surface area contributed by atoms with Crippen LogP contribution in [-0.2, 0) is 13.1 Å². The maximum absolute atomic E-state index is 12.8. The van der Waals surface area contributed by atoms with Crippen molar-refractivity contribution in [3.8, 4) is 5.75 Å². The Balaban J connectivity index is 2.15. The SMILES string of the molecule is CCCCn1c(N)c(N(Cc2cc(=O)oc3cc(OC)ccc23)CC(C)C)c(=O)[nH]c1=O. The molecule has 172 valence electrons. The van der Waals surface area contributed by atoms with E-state index in [1.807, 2.05) is 31.7 Å². The van der Waals surface area contributed by atoms with Crippen LogP contribution in [0.1, 0.15) is 39.2 Å². The average Bonchev–Trinajstić information content (AvgIpc) is 2.72. The van der Waals surface area contributed by atoms with Crippen LogP contribution in [0.25, 0.3) is 11.0 Å². The molecule has 32 heavy (non-hydrogen) atoms. The molecular weight excluding hydrogens is 412 g/mol. The molecule has 0 aliphatic rings. The zero-order valence-electron chi connectivity index (χ0n) is 18.9. The quantitative estimate of drug-likeness (QED) is 0.488. The molecule has 0 saturated heterocycles. The van der Waals surface area contributed by atoms with Crippen molar-refractivity contribution in [3.63, 3.8) is 0 Å². The Morgan fingerprint density at radius 1 is 1.22 bits per heavy atom. The monoisotopic (exact) mass is 442 g/mol. The number of benzene rings is 1. The highest BCUT2D eigenvalue weighted by Crippen LogP contribution is 2.26. The molecule has 3 N–H and O–H groups in total. The maximum atomic E-state index is 12.8. The Kier molecular flexibility index (Phi) is 7.07. The summed E-state index contributed by atoms with van der Waals surface area (Å²) >= 11 is 0. The number of unbranched alkanes of at least 4 members (excludes halogenated alkanes) is 1. The minimum absolute atomic E-state index is 0.127. The van der Waals surface area contributed by atoms with Crippen molar-refractivity contribution in [2.24, 2.45) is 5.92 Å². The molecular formula is C23H30N4O5. The van der Waals surface area contributed by atoms with E-state index in [1.165, 1.54) is 17.7 Å². The van der Waals surface area contributed by atoms with Crippen LogP contribution in [0, 0.1) is 5.92 Å². The standard InChI is InChI=1S/C23H30N4O5/c1-5-6-9-27-21(24)20(22(29)25-23(27)30)26(12-14(2)3)13-15-10-19(28)32-18-11-16(31-4)7-8-17(15)18/h7-8,10-11,14H,5-6,9,12-13,24H2,1-4H3,(H,25,29,30). The van der Waals surface area contributed by atoms with Gasteiger partial charge in [-0.25, -0.2) is 9.59 Å². The Morgan fingerprint density at radius 2 is 1.97 bits per heavy atom. The molecule has 1 aromatic carbocycles. The lowest BCUT2D eigenvalue weighted by Gasteiger charge is -2.28. The third-order valence-corrected chi connectivity index (χ3v) is 5.25. The number of anilines is 2.